The Labute approximate surface area is 183 Å². The topological polar surface area (TPSA) is 53.0 Å². The molecule has 0 fully saturated rings. The van der Waals surface area contributed by atoms with Gasteiger partial charge in [-0.05, 0) is 24.0 Å². The first-order valence-electron chi connectivity index (χ1n) is 10.5. The molecule has 0 aromatic heterocycles. The standard InChI is InChI=1S/C25H30FN3O2/c1-17-10-12-18(13-11-17)22-14-21(19-8-6-7-9-20(19)26)27-29(22)24(31)16-28(5)23(30)15-25(2,3)4/h6-13,22H,14-16H2,1-5H3/t22-/m1/s1. The van der Waals surface area contributed by atoms with Crippen LogP contribution >= 0.6 is 0 Å². The van der Waals surface area contributed by atoms with Crippen molar-refractivity contribution in [3.63, 3.8) is 0 Å². The Hall–Kier alpha value is -3.02. The fraction of sp³-hybridized carbons (Fsp3) is 0.400. The number of benzene rings is 2. The van der Waals surface area contributed by atoms with Gasteiger partial charge in [-0.1, -0.05) is 68.8 Å². The van der Waals surface area contributed by atoms with E-state index < -0.39 is 0 Å². The van der Waals surface area contributed by atoms with Crippen LogP contribution in [0.25, 0.3) is 0 Å². The van der Waals surface area contributed by atoms with Gasteiger partial charge in [0, 0.05) is 25.5 Å². The molecule has 0 aliphatic carbocycles. The molecule has 2 amide bonds. The number of hydrogen-bond donors (Lipinski definition) is 0. The third kappa shape index (κ3) is 5.57. The summed E-state index contributed by atoms with van der Waals surface area (Å²) in [5.74, 6) is -0.748. The van der Waals surface area contributed by atoms with Crippen molar-refractivity contribution >= 4 is 17.5 Å². The largest absolute Gasteiger partial charge is 0.336 e. The maximum absolute atomic E-state index is 14.4. The van der Waals surface area contributed by atoms with Gasteiger partial charge in [0.05, 0.1) is 11.8 Å². The molecule has 31 heavy (non-hydrogen) atoms. The van der Waals surface area contributed by atoms with Crippen LogP contribution in [0.4, 0.5) is 4.39 Å². The molecule has 164 valence electrons. The molecule has 0 saturated heterocycles. The van der Waals surface area contributed by atoms with Crippen molar-refractivity contribution in [3.05, 3.63) is 71.0 Å². The highest BCUT2D eigenvalue weighted by Crippen LogP contribution is 2.33. The van der Waals surface area contributed by atoms with Gasteiger partial charge in [-0.15, -0.1) is 0 Å². The van der Waals surface area contributed by atoms with Crippen LogP contribution < -0.4 is 0 Å². The molecule has 5 nitrogen and oxygen atoms in total. The first-order chi connectivity index (χ1) is 14.5. The van der Waals surface area contributed by atoms with Crippen LogP contribution in [0.15, 0.2) is 53.6 Å². The molecule has 1 aliphatic rings. The van der Waals surface area contributed by atoms with E-state index in [1.165, 1.54) is 16.0 Å². The number of amides is 2. The Balaban J connectivity index is 1.86. The highest BCUT2D eigenvalue weighted by molar-refractivity contribution is 6.03. The molecule has 0 radical (unpaired) electrons. The SMILES string of the molecule is Cc1ccc([C@H]2CC(c3ccccc3F)=NN2C(=O)CN(C)C(=O)CC(C)(C)C)cc1. The number of likely N-dealkylation sites (N-methyl/N-ethyl adjacent to an activating group) is 1. The molecule has 0 spiro atoms. The van der Waals surface area contributed by atoms with Crippen molar-refractivity contribution in [2.24, 2.45) is 10.5 Å². The van der Waals surface area contributed by atoms with E-state index in [2.05, 4.69) is 5.10 Å². The minimum atomic E-state index is -0.365. The minimum absolute atomic E-state index is 0.0780. The number of carbonyl (C=O) groups is 2. The van der Waals surface area contributed by atoms with Gasteiger partial charge in [0.1, 0.15) is 12.4 Å². The number of hydrazone groups is 1. The van der Waals surface area contributed by atoms with Crippen molar-refractivity contribution in [3.8, 4) is 0 Å². The van der Waals surface area contributed by atoms with Crippen LogP contribution in [0.5, 0.6) is 0 Å². The molecule has 0 saturated carbocycles. The second-order valence-corrected chi connectivity index (χ2v) is 9.38. The second-order valence-electron chi connectivity index (χ2n) is 9.38. The summed E-state index contributed by atoms with van der Waals surface area (Å²) in [7, 11) is 1.63. The van der Waals surface area contributed by atoms with E-state index in [-0.39, 0.29) is 35.6 Å². The number of halogens is 1. The summed E-state index contributed by atoms with van der Waals surface area (Å²) in [5.41, 5.74) is 2.80. The number of hydrogen-bond acceptors (Lipinski definition) is 3. The number of carbonyl (C=O) groups excluding carboxylic acids is 2. The highest BCUT2D eigenvalue weighted by Gasteiger charge is 2.34. The lowest BCUT2D eigenvalue weighted by atomic mass is 9.92. The summed E-state index contributed by atoms with van der Waals surface area (Å²) in [6, 6.07) is 14.0. The van der Waals surface area contributed by atoms with Crippen molar-refractivity contribution in [1.29, 1.82) is 0 Å². The number of nitrogens with zero attached hydrogens (tertiary/aromatic N) is 3. The smallest absolute Gasteiger partial charge is 0.262 e. The van der Waals surface area contributed by atoms with Crippen LogP contribution in [-0.4, -0.2) is 41.0 Å². The van der Waals surface area contributed by atoms with E-state index in [0.29, 0.717) is 24.1 Å². The average molecular weight is 424 g/mol. The average Bonchev–Trinajstić information content (AvgIpc) is 3.13. The van der Waals surface area contributed by atoms with Gasteiger partial charge < -0.3 is 4.90 Å². The maximum atomic E-state index is 14.4. The van der Waals surface area contributed by atoms with Gasteiger partial charge in [-0.2, -0.15) is 5.10 Å². The molecule has 2 aromatic rings. The van der Waals surface area contributed by atoms with Crippen molar-refractivity contribution in [2.45, 2.75) is 46.6 Å². The summed E-state index contributed by atoms with van der Waals surface area (Å²) in [6.45, 7) is 7.88. The Bertz CT molecular complexity index is 993. The molecule has 1 heterocycles. The highest BCUT2D eigenvalue weighted by atomic mass is 19.1. The Morgan fingerprint density at radius 2 is 1.77 bits per heavy atom. The van der Waals surface area contributed by atoms with Crippen LogP contribution in [0, 0.1) is 18.2 Å². The van der Waals surface area contributed by atoms with E-state index in [1.807, 2.05) is 52.0 Å². The summed E-state index contributed by atoms with van der Waals surface area (Å²) < 4.78 is 14.4. The summed E-state index contributed by atoms with van der Waals surface area (Å²) >= 11 is 0. The van der Waals surface area contributed by atoms with Crippen molar-refractivity contribution < 1.29 is 14.0 Å². The molecular formula is C25H30FN3O2. The first-order valence-corrected chi connectivity index (χ1v) is 10.5. The lowest BCUT2D eigenvalue weighted by Gasteiger charge is -2.26. The quantitative estimate of drug-likeness (QED) is 0.700. The van der Waals surface area contributed by atoms with E-state index in [9.17, 15) is 14.0 Å². The third-order valence-corrected chi connectivity index (χ3v) is 5.29. The Morgan fingerprint density at radius 1 is 1.13 bits per heavy atom. The first kappa shape index (κ1) is 22.7. The van der Waals surface area contributed by atoms with Crippen LogP contribution in [-0.2, 0) is 9.59 Å². The lowest BCUT2D eigenvalue weighted by Crippen LogP contribution is -2.40. The van der Waals surface area contributed by atoms with Crippen molar-refractivity contribution in [2.75, 3.05) is 13.6 Å². The van der Waals surface area contributed by atoms with Crippen LogP contribution in [0.1, 0.15) is 56.3 Å². The number of rotatable bonds is 5. The van der Waals surface area contributed by atoms with Gasteiger partial charge in [0.25, 0.3) is 5.91 Å². The van der Waals surface area contributed by atoms with Gasteiger partial charge in [0.2, 0.25) is 5.91 Å². The zero-order valence-electron chi connectivity index (χ0n) is 18.9. The second kappa shape index (κ2) is 9.00. The summed E-state index contributed by atoms with van der Waals surface area (Å²) in [6.07, 6.45) is 0.761. The summed E-state index contributed by atoms with van der Waals surface area (Å²) in [4.78, 5) is 27.1. The fourth-order valence-corrected chi connectivity index (χ4v) is 3.60. The normalized spacial score (nSPS) is 16.3. The van der Waals surface area contributed by atoms with Gasteiger partial charge in [-0.25, -0.2) is 9.40 Å². The van der Waals surface area contributed by atoms with Gasteiger partial charge >= 0.3 is 0 Å². The molecule has 1 atom stereocenters. The Kier molecular flexibility index (Phi) is 6.58. The van der Waals surface area contributed by atoms with Gasteiger partial charge in [-0.3, -0.25) is 9.59 Å². The molecule has 6 heteroatoms. The van der Waals surface area contributed by atoms with E-state index in [4.69, 9.17) is 0 Å². The molecule has 0 unspecified atom stereocenters. The van der Waals surface area contributed by atoms with E-state index in [0.717, 1.165) is 11.1 Å². The monoisotopic (exact) mass is 423 g/mol. The lowest BCUT2D eigenvalue weighted by molar-refractivity contribution is -0.141. The number of aryl methyl sites for hydroxylation is 1. The van der Waals surface area contributed by atoms with E-state index >= 15 is 0 Å². The minimum Gasteiger partial charge on any atom is -0.336 e. The Morgan fingerprint density at radius 3 is 2.39 bits per heavy atom. The molecule has 0 bridgehead atoms. The molecule has 0 N–H and O–H groups in total. The van der Waals surface area contributed by atoms with Gasteiger partial charge in [0.15, 0.2) is 0 Å². The maximum Gasteiger partial charge on any atom is 0.262 e. The third-order valence-electron chi connectivity index (χ3n) is 5.29. The van der Waals surface area contributed by atoms with Crippen LogP contribution in [0.3, 0.4) is 0 Å². The van der Waals surface area contributed by atoms with E-state index in [1.54, 1.807) is 25.2 Å². The zero-order valence-corrected chi connectivity index (χ0v) is 18.9. The zero-order chi connectivity index (χ0) is 22.8. The fourth-order valence-electron chi connectivity index (χ4n) is 3.60. The molecule has 1 aliphatic heterocycles. The van der Waals surface area contributed by atoms with Crippen molar-refractivity contribution in [1.82, 2.24) is 9.91 Å². The molecule has 3 rings (SSSR count). The predicted molar refractivity (Wildman–Crippen MR) is 120 cm³/mol. The summed E-state index contributed by atoms with van der Waals surface area (Å²) in [5, 5.41) is 5.92. The van der Waals surface area contributed by atoms with Crippen LogP contribution in [0.2, 0.25) is 0 Å². The molecular weight excluding hydrogens is 393 g/mol. The molecule has 2 aromatic carbocycles. The predicted octanol–water partition coefficient (Wildman–Crippen LogP) is 4.71.